The van der Waals surface area contributed by atoms with Crippen LogP contribution in [0.3, 0.4) is 0 Å². The first-order valence-electron chi connectivity index (χ1n) is 3.96. The first kappa shape index (κ1) is 8.72. The Labute approximate surface area is 84.4 Å². The van der Waals surface area contributed by atoms with Gasteiger partial charge in [-0.3, -0.25) is 4.79 Å². The van der Waals surface area contributed by atoms with Crippen LogP contribution in [0.4, 0.5) is 5.69 Å². The molecule has 4 heteroatoms. The van der Waals surface area contributed by atoms with Crippen molar-refractivity contribution < 1.29 is 4.79 Å². The molecule has 3 nitrogen and oxygen atoms in total. The lowest BCUT2D eigenvalue weighted by Crippen LogP contribution is -2.19. The van der Waals surface area contributed by atoms with E-state index in [1.807, 2.05) is 19.1 Å². The molecule has 1 amide bonds. The minimum absolute atomic E-state index is 0.134. The molecule has 0 saturated heterocycles. The summed E-state index contributed by atoms with van der Waals surface area (Å²) in [7, 11) is 0. The topological polar surface area (TPSA) is 55.1 Å². The fourth-order valence-electron chi connectivity index (χ4n) is 1.51. The van der Waals surface area contributed by atoms with Gasteiger partial charge in [-0.05, 0) is 18.6 Å². The van der Waals surface area contributed by atoms with Crippen LogP contribution in [0.2, 0.25) is 0 Å². The average Bonchev–Trinajstić information content (AvgIpc) is 2.38. The van der Waals surface area contributed by atoms with E-state index in [0.717, 1.165) is 21.3 Å². The summed E-state index contributed by atoms with van der Waals surface area (Å²) in [6.07, 6.45) is 0. The van der Waals surface area contributed by atoms with Crippen molar-refractivity contribution in [1.29, 1.82) is 0 Å². The molecule has 1 heterocycles. The molecule has 2 rings (SSSR count). The fourth-order valence-corrected chi connectivity index (χ4v) is 2.08. The number of carbonyl (C=O) groups is 1. The number of halogens is 1. The van der Waals surface area contributed by atoms with Gasteiger partial charge < -0.3 is 11.1 Å². The second kappa shape index (κ2) is 2.82. The van der Waals surface area contributed by atoms with Gasteiger partial charge in [0, 0.05) is 10.0 Å². The van der Waals surface area contributed by atoms with E-state index >= 15 is 0 Å². The number of fused-ring (bicyclic) bond motifs is 1. The Hall–Kier alpha value is -0.870. The molecule has 0 bridgehead atoms. The normalized spacial score (nSPS) is 19.9. The number of aryl methyl sites for hydroxylation is 1. The van der Waals surface area contributed by atoms with Gasteiger partial charge in [-0.2, -0.15) is 0 Å². The van der Waals surface area contributed by atoms with Gasteiger partial charge in [0.2, 0.25) is 5.91 Å². The van der Waals surface area contributed by atoms with E-state index in [0.29, 0.717) is 0 Å². The fraction of sp³-hybridized carbons (Fsp3) is 0.222. The lowest BCUT2D eigenvalue weighted by molar-refractivity contribution is -0.116. The van der Waals surface area contributed by atoms with Crippen LogP contribution in [-0.4, -0.2) is 5.91 Å². The average molecular weight is 241 g/mol. The smallest absolute Gasteiger partial charge is 0.246 e. The molecule has 3 N–H and O–H groups in total. The SMILES string of the molecule is Cc1ccc(Br)c2c1NC(=O)C2N. The van der Waals surface area contributed by atoms with Gasteiger partial charge in [-0.15, -0.1) is 0 Å². The van der Waals surface area contributed by atoms with Crippen LogP contribution in [0, 0.1) is 6.92 Å². The Morgan fingerprint density at radius 2 is 2.23 bits per heavy atom. The van der Waals surface area contributed by atoms with Gasteiger partial charge in [0.15, 0.2) is 0 Å². The van der Waals surface area contributed by atoms with Crippen LogP contribution in [0.25, 0.3) is 0 Å². The molecule has 1 aromatic carbocycles. The Bertz CT molecular complexity index is 389. The van der Waals surface area contributed by atoms with E-state index in [1.54, 1.807) is 0 Å². The standard InChI is InChI=1S/C9H9BrN2O/c1-4-2-3-5(10)6-7(11)9(13)12-8(4)6/h2-3,7H,11H2,1H3,(H,12,13). The zero-order valence-corrected chi connectivity index (χ0v) is 8.68. The molecule has 0 radical (unpaired) electrons. The van der Waals surface area contributed by atoms with Crippen LogP contribution in [0.1, 0.15) is 17.2 Å². The number of carbonyl (C=O) groups excluding carboxylic acids is 1. The minimum atomic E-state index is -0.538. The number of nitrogens with one attached hydrogen (secondary N) is 1. The van der Waals surface area contributed by atoms with Crippen molar-refractivity contribution in [2.24, 2.45) is 5.73 Å². The summed E-state index contributed by atoms with van der Waals surface area (Å²) < 4.78 is 0.888. The Morgan fingerprint density at radius 1 is 1.54 bits per heavy atom. The van der Waals surface area contributed by atoms with Gasteiger partial charge in [-0.1, -0.05) is 22.0 Å². The van der Waals surface area contributed by atoms with Gasteiger partial charge in [0.25, 0.3) is 0 Å². The number of benzene rings is 1. The summed E-state index contributed by atoms with van der Waals surface area (Å²) >= 11 is 3.38. The maximum atomic E-state index is 11.3. The molecule has 1 aliphatic rings. The molecule has 1 aromatic rings. The highest BCUT2D eigenvalue weighted by Gasteiger charge is 2.30. The van der Waals surface area contributed by atoms with E-state index in [2.05, 4.69) is 21.2 Å². The predicted octanol–water partition coefficient (Wildman–Crippen LogP) is 1.71. The van der Waals surface area contributed by atoms with E-state index < -0.39 is 6.04 Å². The van der Waals surface area contributed by atoms with Crippen LogP contribution in [0.5, 0.6) is 0 Å². The van der Waals surface area contributed by atoms with Crippen molar-refractivity contribution in [3.63, 3.8) is 0 Å². The first-order chi connectivity index (χ1) is 6.11. The number of hydrogen-bond donors (Lipinski definition) is 2. The van der Waals surface area contributed by atoms with E-state index in [4.69, 9.17) is 5.73 Å². The molecule has 1 aliphatic heterocycles. The summed E-state index contributed by atoms with van der Waals surface area (Å²) in [5, 5.41) is 2.76. The van der Waals surface area contributed by atoms with Crippen molar-refractivity contribution in [3.8, 4) is 0 Å². The van der Waals surface area contributed by atoms with Crippen LogP contribution < -0.4 is 11.1 Å². The molecule has 68 valence electrons. The maximum absolute atomic E-state index is 11.3. The summed E-state index contributed by atoms with van der Waals surface area (Å²) in [6.45, 7) is 1.95. The van der Waals surface area contributed by atoms with Crippen LogP contribution in [0.15, 0.2) is 16.6 Å². The second-order valence-electron chi connectivity index (χ2n) is 3.12. The van der Waals surface area contributed by atoms with Crippen molar-refractivity contribution in [2.75, 3.05) is 5.32 Å². The maximum Gasteiger partial charge on any atom is 0.246 e. The molecule has 1 unspecified atom stereocenters. The lowest BCUT2D eigenvalue weighted by atomic mass is 10.1. The summed E-state index contributed by atoms with van der Waals surface area (Å²) in [5.74, 6) is -0.134. The van der Waals surface area contributed by atoms with Gasteiger partial charge in [0.1, 0.15) is 6.04 Å². The zero-order valence-electron chi connectivity index (χ0n) is 7.10. The van der Waals surface area contributed by atoms with E-state index in [9.17, 15) is 4.79 Å². The van der Waals surface area contributed by atoms with Crippen molar-refractivity contribution in [2.45, 2.75) is 13.0 Å². The molecular weight excluding hydrogens is 232 g/mol. The molecule has 1 atom stereocenters. The van der Waals surface area contributed by atoms with Gasteiger partial charge in [-0.25, -0.2) is 0 Å². The minimum Gasteiger partial charge on any atom is -0.324 e. The third-order valence-corrected chi connectivity index (χ3v) is 2.93. The predicted molar refractivity (Wildman–Crippen MR) is 54.4 cm³/mol. The number of rotatable bonds is 0. The summed E-state index contributed by atoms with van der Waals surface area (Å²) in [6, 6.07) is 3.32. The highest BCUT2D eigenvalue weighted by Crippen LogP contribution is 2.37. The molecule has 0 spiro atoms. The number of anilines is 1. The monoisotopic (exact) mass is 240 g/mol. The van der Waals surface area contributed by atoms with Crippen molar-refractivity contribution in [1.82, 2.24) is 0 Å². The Balaban J connectivity index is 2.68. The third-order valence-electron chi connectivity index (χ3n) is 2.24. The zero-order chi connectivity index (χ0) is 9.59. The largest absolute Gasteiger partial charge is 0.324 e. The number of amides is 1. The molecule has 0 fully saturated rings. The Kier molecular flexibility index (Phi) is 1.89. The molecular formula is C9H9BrN2O. The molecule has 0 saturated carbocycles. The molecule has 13 heavy (non-hydrogen) atoms. The van der Waals surface area contributed by atoms with Crippen LogP contribution in [-0.2, 0) is 4.79 Å². The highest BCUT2D eigenvalue weighted by molar-refractivity contribution is 9.10. The molecule has 0 aromatic heterocycles. The highest BCUT2D eigenvalue weighted by atomic mass is 79.9. The summed E-state index contributed by atoms with van der Waals surface area (Å²) in [5.41, 5.74) is 8.48. The van der Waals surface area contributed by atoms with Gasteiger partial charge in [0.05, 0.1) is 5.69 Å². The lowest BCUT2D eigenvalue weighted by Gasteiger charge is -2.06. The van der Waals surface area contributed by atoms with Gasteiger partial charge >= 0.3 is 0 Å². The second-order valence-corrected chi connectivity index (χ2v) is 3.97. The summed E-state index contributed by atoms with van der Waals surface area (Å²) in [4.78, 5) is 11.3. The number of nitrogens with two attached hydrogens (primary N) is 1. The first-order valence-corrected chi connectivity index (χ1v) is 4.76. The quantitative estimate of drug-likeness (QED) is 0.726. The third kappa shape index (κ3) is 1.17. The van der Waals surface area contributed by atoms with E-state index in [1.165, 1.54) is 0 Å². The van der Waals surface area contributed by atoms with Crippen LogP contribution >= 0.6 is 15.9 Å². The van der Waals surface area contributed by atoms with Crippen molar-refractivity contribution >= 4 is 27.5 Å². The Morgan fingerprint density at radius 3 is 2.85 bits per heavy atom. The molecule has 0 aliphatic carbocycles. The van der Waals surface area contributed by atoms with Crippen molar-refractivity contribution in [3.05, 3.63) is 27.7 Å². The van der Waals surface area contributed by atoms with E-state index in [-0.39, 0.29) is 5.91 Å². The number of hydrogen-bond acceptors (Lipinski definition) is 2.